The van der Waals surface area contributed by atoms with Crippen LogP contribution >= 0.6 is 0 Å². The van der Waals surface area contributed by atoms with Gasteiger partial charge in [0.15, 0.2) is 0 Å². The van der Waals surface area contributed by atoms with Gasteiger partial charge in [0.1, 0.15) is 6.61 Å². The molecule has 0 aliphatic rings. The Morgan fingerprint density at radius 2 is 1.64 bits per heavy atom. The van der Waals surface area contributed by atoms with Crippen molar-refractivity contribution in [2.75, 3.05) is 27.4 Å². The number of rotatable bonds is 7. The average molecular weight is 204 g/mol. The van der Waals surface area contributed by atoms with Crippen molar-refractivity contribution in [3.05, 3.63) is 0 Å². The number of carbonyl (C=O) groups is 2. The zero-order chi connectivity index (χ0) is 10.8. The first-order valence-corrected chi connectivity index (χ1v) is 4.42. The molecule has 0 radical (unpaired) electrons. The molecule has 0 heterocycles. The van der Waals surface area contributed by atoms with E-state index < -0.39 is 5.97 Å². The van der Waals surface area contributed by atoms with Gasteiger partial charge in [-0.05, 0) is 12.8 Å². The molecule has 0 amide bonds. The van der Waals surface area contributed by atoms with Crippen molar-refractivity contribution in [3.63, 3.8) is 0 Å². The van der Waals surface area contributed by atoms with Crippen molar-refractivity contribution in [1.82, 2.24) is 0 Å². The van der Waals surface area contributed by atoms with Crippen molar-refractivity contribution in [3.8, 4) is 0 Å². The maximum atomic E-state index is 10.7. The summed E-state index contributed by atoms with van der Waals surface area (Å²) in [6, 6.07) is 0. The predicted molar refractivity (Wildman–Crippen MR) is 48.7 cm³/mol. The second-order valence-corrected chi connectivity index (χ2v) is 2.66. The van der Waals surface area contributed by atoms with Crippen LogP contribution in [0, 0.1) is 0 Å². The topological polar surface area (TPSA) is 61.8 Å². The number of hydrogen-bond acceptors (Lipinski definition) is 5. The molecule has 0 aromatic rings. The fourth-order valence-corrected chi connectivity index (χ4v) is 0.790. The Kier molecular flexibility index (Phi) is 7.83. The van der Waals surface area contributed by atoms with Crippen LogP contribution in [-0.4, -0.2) is 39.4 Å². The number of carbonyl (C=O) groups excluding carboxylic acids is 2. The Morgan fingerprint density at radius 3 is 2.21 bits per heavy atom. The number of esters is 2. The normalized spacial score (nSPS) is 9.57. The lowest BCUT2D eigenvalue weighted by Crippen LogP contribution is -2.11. The first-order chi connectivity index (χ1) is 6.70. The molecule has 0 atom stereocenters. The third kappa shape index (κ3) is 7.54. The maximum absolute atomic E-state index is 10.7. The fourth-order valence-electron chi connectivity index (χ4n) is 0.790. The molecule has 0 bridgehead atoms. The molecular formula is C9H16O5. The van der Waals surface area contributed by atoms with Crippen molar-refractivity contribution in [1.29, 1.82) is 0 Å². The van der Waals surface area contributed by atoms with Crippen LogP contribution in [0.25, 0.3) is 0 Å². The largest absolute Gasteiger partial charge is 0.469 e. The van der Waals surface area contributed by atoms with E-state index in [4.69, 9.17) is 4.74 Å². The van der Waals surface area contributed by atoms with Gasteiger partial charge in [-0.3, -0.25) is 4.79 Å². The van der Waals surface area contributed by atoms with E-state index in [0.29, 0.717) is 19.4 Å². The molecule has 14 heavy (non-hydrogen) atoms. The quantitative estimate of drug-likeness (QED) is 0.447. The molecule has 0 aromatic carbocycles. The number of ether oxygens (including phenoxy) is 3. The molecule has 0 spiro atoms. The Bertz CT molecular complexity index is 158. The van der Waals surface area contributed by atoms with Gasteiger partial charge >= 0.3 is 11.9 Å². The Labute approximate surface area is 83.3 Å². The van der Waals surface area contributed by atoms with Gasteiger partial charge in [-0.15, -0.1) is 0 Å². The van der Waals surface area contributed by atoms with E-state index in [2.05, 4.69) is 9.47 Å². The van der Waals surface area contributed by atoms with Gasteiger partial charge in [-0.2, -0.15) is 0 Å². The van der Waals surface area contributed by atoms with Crippen LogP contribution < -0.4 is 0 Å². The van der Waals surface area contributed by atoms with E-state index in [-0.39, 0.29) is 12.6 Å². The summed E-state index contributed by atoms with van der Waals surface area (Å²) in [6.45, 7) is 0.417. The van der Waals surface area contributed by atoms with Crippen molar-refractivity contribution in [2.45, 2.75) is 19.3 Å². The Balaban J connectivity index is 3.14. The van der Waals surface area contributed by atoms with Crippen LogP contribution in [0.3, 0.4) is 0 Å². The summed E-state index contributed by atoms with van der Waals surface area (Å²) < 4.78 is 13.8. The predicted octanol–water partition coefficient (Wildman–Crippen LogP) is 0.519. The van der Waals surface area contributed by atoms with E-state index in [0.717, 1.165) is 6.42 Å². The molecule has 5 heteroatoms. The maximum Gasteiger partial charge on any atom is 0.331 e. The Hall–Kier alpha value is -1.10. The SMILES string of the molecule is COC(=O)CCCCOCC(=O)OC. The summed E-state index contributed by atoms with van der Waals surface area (Å²) in [5.41, 5.74) is 0. The third-order valence-electron chi connectivity index (χ3n) is 1.59. The van der Waals surface area contributed by atoms with Crippen LogP contribution in [0.5, 0.6) is 0 Å². The molecule has 0 rings (SSSR count). The summed E-state index contributed by atoms with van der Waals surface area (Å²) >= 11 is 0. The molecule has 0 saturated heterocycles. The van der Waals surface area contributed by atoms with Crippen LogP contribution in [0.4, 0.5) is 0 Å². The number of methoxy groups -OCH3 is 2. The van der Waals surface area contributed by atoms with Crippen molar-refractivity contribution in [2.24, 2.45) is 0 Å². The van der Waals surface area contributed by atoms with Gasteiger partial charge in [-0.1, -0.05) is 0 Å². The summed E-state index contributed by atoms with van der Waals surface area (Å²) in [4.78, 5) is 21.2. The molecule has 0 fully saturated rings. The molecule has 0 aliphatic heterocycles. The minimum Gasteiger partial charge on any atom is -0.469 e. The zero-order valence-corrected chi connectivity index (χ0v) is 8.58. The summed E-state index contributed by atoms with van der Waals surface area (Å²) in [6.07, 6.45) is 1.82. The van der Waals surface area contributed by atoms with E-state index in [1.807, 2.05) is 0 Å². The monoisotopic (exact) mass is 204 g/mol. The molecule has 0 N–H and O–H groups in total. The van der Waals surface area contributed by atoms with Crippen molar-refractivity contribution < 1.29 is 23.8 Å². The second kappa shape index (κ2) is 8.50. The molecular weight excluding hydrogens is 188 g/mol. The second-order valence-electron chi connectivity index (χ2n) is 2.66. The molecule has 5 nitrogen and oxygen atoms in total. The van der Waals surface area contributed by atoms with E-state index >= 15 is 0 Å². The van der Waals surface area contributed by atoms with Gasteiger partial charge in [0, 0.05) is 13.0 Å². The molecule has 0 aliphatic carbocycles. The Morgan fingerprint density at radius 1 is 1.00 bits per heavy atom. The van der Waals surface area contributed by atoms with Crippen LogP contribution in [0.15, 0.2) is 0 Å². The van der Waals surface area contributed by atoms with Crippen LogP contribution in [0.1, 0.15) is 19.3 Å². The van der Waals surface area contributed by atoms with Crippen LogP contribution in [0.2, 0.25) is 0 Å². The highest BCUT2D eigenvalue weighted by Crippen LogP contribution is 1.97. The number of unbranched alkanes of at least 4 members (excludes halogenated alkanes) is 1. The highest BCUT2D eigenvalue weighted by Gasteiger charge is 2.01. The summed E-state index contributed by atoms with van der Waals surface area (Å²) in [7, 11) is 2.67. The smallest absolute Gasteiger partial charge is 0.331 e. The first kappa shape index (κ1) is 12.9. The lowest BCUT2D eigenvalue weighted by atomic mass is 10.2. The molecule has 82 valence electrons. The van der Waals surface area contributed by atoms with Crippen LogP contribution in [-0.2, 0) is 23.8 Å². The van der Waals surface area contributed by atoms with Gasteiger partial charge in [0.05, 0.1) is 14.2 Å². The van der Waals surface area contributed by atoms with Gasteiger partial charge in [0.25, 0.3) is 0 Å². The van der Waals surface area contributed by atoms with Gasteiger partial charge < -0.3 is 14.2 Å². The highest BCUT2D eigenvalue weighted by molar-refractivity contribution is 5.70. The third-order valence-corrected chi connectivity index (χ3v) is 1.59. The minimum atomic E-state index is -0.391. The fraction of sp³-hybridized carbons (Fsp3) is 0.778. The molecule has 0 unspecified atom stereocenters. The van der Waals surface area contributed by atoms with E-state index in [9.17, 15) is 9.59 Å². The minimum absolute atomic E-state index is 0.0330. The highest BCUT2D eigenvalue weighted by atomic mass is 16.6. The first-order valence-electron chi connectivity index (χ1n) is 4.42. The van der Waals surface area contributed by atoms with E-state index in [1.165, 1.54) is 14.2 Å². The van der Waals surface area contributed by atoms with E-state index in [1.54, 1.807) is 0 Å². The number of hydrogen-bond donors (Lipinski definition) is 0. The van der Waals surface area contributed by atoms with Gasteiger partial charge in [-0.25, -0.2) is 4.79 Å². The zero-order valence-electron chi connectivity index (χ0n) is 8.58. The van der Waals surface area contributed by atoms with Gasteiger partial charge in [0.2, 0.25) is 0 Å². The molecule has 0 saturated carbocycles. The lowest BCUT2D eigenvalue weighted by molar-refractivity contribution is -0.146. The standard InChI is InChI=1S/C9H16O5/c1-12-8(10)5-3-4-6-14-7-9(11)13-2/h3-7H2,1-2H3. The summed E-state index contributed by atoms with van der Waals surface area (Å²) in [5.74, 6) is -0.615. The lowest BCUT2D eigenvalue weighted by Gasteiger charge is -2.02. The average Bonchev–Trinajstić information content (AvgIpc) is 2.22. The summed E-state index contributed by atoms with van der Waals surface area (Å²) in [5, 5.41) is 0. The van der Waals surface area contributed by atoms with Crippen molar-refractivity contribution >= 4 is 11.9 Å². The molecule has 0 aromatic heterocycles.